The molecule has 5 nitrogen and oxygen atoms in total. The van der Waals surface area contributed by atoms with E-state index in [9.17, 15) is 4.79 Å². The van der Waals surface area contributed by atoms with Gasteiger partial charge in [0.05, 0.1) is 18.7 Å². The maximum Gasteiger partial charge on any atom is 0.309 e. The van der Waals surface area contributed by atoms with Crippen LogP contribution in [0.25, 0.3) is 0 Å². The molecule has 0 amide bonds. The molecule has 0 spiro atoms. The smallest absolute Gasteiger partial charge is 0.309 e. The maximum atomic E-state index is 10.5. The van der Waals surface area contributed by atoms with E-state index in [4.69, 9.17) is 14.6 Å². The number of carbonyl (C=O) groups is 1. The number of aromatic nitrogens is 1. The third kappa shape index (κ3) is 5.48. The minimum Gasteiger partial charge on any atom is -0.481 e. The van der Waals surface area contributed by atoms with Gasteiger partial charge < -0.3 is 14.6 Å². The summed E-state index contributed by atoms with van der Waals surface area (Å²) in [6, 6.07) is 0. The van der Waals surface area contributed by atoms with Crippen molar-refractivity contribution in [1.82, 2.24) is 4.98 Å². The van der Waals surface area contributed by atoms with Crippen LogP contribution in [-0.4, -0.2) is 41.3 Å². The van der Waals surface area contributed by atoms with Gasteiger partial charge in [-0.1, -0.05) is 11.8 Å². The topological polar surface area (TPSA) is 68.7 Å². The van der Waals surface area contributed by atoms with Gasteiger partial charge in [-0.15, -0.1) is 11.3 Å². The van der Waals surface area contributed by atoms with Gasteiger partial charge in [0.2, 0.25) is 0 Å². The van der Waals surface area contributed by atoms with Gasteiger partial charge in [0.25, 0.3) is 0 Å². The number of carboxylic acid groups (broad SMARTS) is 1. The van der Waals surface area contributed by atoms with Crippen molar-refractivity contribution in [1.29, 1.82) is 0 Å². The summed E-state index contributed by atoms with van der Waals surface area (Å²) in [5.41, 5.74) is 0.622. The second-order valence-electron chi connectivity index (χ2n) is 4.19. The molecule has 0 aliphatic carbocycles. The molecule has 1 saturated heterocycles. The van der Waals surface area contributed by atoms with Crippen LogP contribution in [0.5, 0.6) is 0 Å². The van der Waals surface area contributed by atoms with Crippen molar-refractivity contribution < 1.29 is 19.4 Å². The number of nitrogens with zero attached hydrogens (tertiary/aromatic N) is 1. The Morgan fingerprint density at radius 3 is 3.26 bits per heavy atom. The predicted octanol–water partition coefficient (Wildman–Crippen LogP) is 2.41. The summed E-state index contributed by atoms with van der Waals surface area (Å²) >= 11 is 3.07. The zero-order valence-electron chi connectivity index (χ0n) is 10.5. The normalized spacial score (nSPS) is 19.5. The first-order chi connectivity index (χ1) is 9.24. The summed E-state index contributed by atoms with van der Waals surface area (Å²) in [5, 5.41) is 10.5. The lowest BCUT2D eigenvalue weighted by molar-refractivity contribution is -0.158. The first-order valence-electron chi connectivity index (χ1n) is 6.26. The van der Waals surface area contributed by atoms with Crippen LogP contribution < -0.4 is 0 Å². The van der Waals surface area contributed by atoms with Gasteiger partial charge in [0.15, 0.2) is 6.29 Å². The van der Waals surface area contributed by atoms with Crippen LogP contribution in [0.2, 0.25) is 0 Å². The number of hydrogen-bond donors (Lipinski definition) is 1. The standard InChI is InChI=1S/C12H17NO4S2/c14-10(15)7-9-8-19-12(13-9)18-6-5-17-11-3-1-2-4-16-11/h8,11H,1-7H2,(H,14,15). The van der Waals surface area contributed by atoms with E-state index >= 15 is 0 Å². The molecule has 7 heteroatoms. The number of aliphatic carboxylic acids is 1. The molecule has 1 N–H and O–H groups in total. The molecule has 0 bridgehead atoms. The van der Waals surface area contributed by atoms with Gasteiger partial charge in [-0.05, 0) is 19.3 Å². The average molecular weight is 303 g/mol. The molecule has 1 aromatic heterocycles. The molecule has 0 saturated carbocycles. The third-order valence-corrected chi connectivity index (χ3v) is 4.65. The molecule has 19 heavy (non-hydrogen) atoms. The zero-order valence-corrected chi connectivity index (χ0v) is 12.2. The second kappa shape index (κ2) is 7.84. The van der Waals surface area contributed by atoms with Crippen LogP contribution >= 0.6 is 23.1 Å². The summed E-state index contributed by atoms with van der Waals surface area (Å²) in [6.45, 7) is 1.42. The van der Waals surface area contributed by atoms with E-state index in [2.05, 4.69) is 4.98 Å². The monoisotopic (exact) mass is 303 g/mol. The van der Waals surface area contributed by atoms with Crippen LogP contribution in [0.3, 0.4) is 0 Å². The molecule has 1 aromatic rings. The molecule has 106 valence electrons. The first-order valence-corrected chi connectivity index (χ1v) is 8.13. The van der Waals surface area contributed by atoms with Crippen LogP contribution in [0.15, 0.2) is 9.72 Å². The summed E-state index contributed by atoms with van der Waals surface area (Å²) in [6.07, 6.45) is 3.21. The van der Waals surface area contributed by atoms with Crippen molar-refractivity contribution >= 4 is 29.1 Å². The number of carboxylic acids is 1. The Balaban J connectivity index is 1.62. The highest BCUT2D eigenvalue weighted by molar-refractivity contribution is 8.01. The Hall–Kier alpha value is -0.630. The Labute approximate surface area is 120 Å². The molecule has 1 unspecified atom stereocenters. The molecule has 1 atom stereocenters. The lowest BCUT2D eigenvalue weighted by Gasteiger charge is -2.22. The van der Waals surface area contributed by atoms with Crippen LogP contribution in [0, 0.1) is 0 Å². The van der Waals surface area contributed by atoms with Crippen LogP contribution in [0.1, 0.15) is 25.0 Å². The summed E-state index contributed by atoms with van der Waals surface area (Å²) in [7, 11) is 0. The molecule has 2 heterocycles. The summed E-state index contributed by atoms with van der Waals surface area (Å²) in [4.78, 5) is 14.8. The summed E-state index contributed by atoms with van der Waals surface area (Å²) < 4.78 is 12.0. The number of hydrogen-bond acceptors (Lipinski definition) is 6. The number of ether oxygens (including phenoxy) is 2. The van der Waals surface area contributed by atoms with E-state index in [1.807, 2.05) is 0 Å². The molecule has 0 radical (unpaired) electrons. The molecule has 1 fully saturated rings. The molecule has 1 aliphatic heterocycles. The number of thiazole rings is 1. The molecular formula is C12H17NO4S2. The van der Waals surface area contributed by atoms with Gasteiger partial charge in [0, 0.05) is 17.7 Å². The molecule has 2 rings (SSSR count). The van der Waals surface area contributed by atoms with E-state index in [0.29, 0.717) is 12.3 Å². The fourth-order valence-corrected chi connectivity index (χ4v) is 3.49. The number of rotatable bonds is 7. The average Bonchev–Trinajstić information content (AvgIpc) is 2.83. The van der Waals surface area contributed by atoms with E-state index in [1.54, 1.807) is 17.1 Å². The lowest BCUT2D eigenvalue weighted by atomic mass is 10.2. The fraction of sp³-hybridized carbons (Fsp3) is 0.667. The zero-order chi connectivity index (χ0) is 13.5. The molecule has 0 aromatic carbocycles. The van der Waals surface area contributed by atoms with E-state index < -0.39 is 5.97 Å². The Kier molecular flexibility index (Phi) is 6.09. The Morgan fingerprint density at radius 2 is 2.53 bits per heavy atom. The van der Waals surface area contributed by atoms with Gasteiger partial charge >= 0.3 is 5.97 Å². The van der Waals surface area contributed by atoms with Crippen molar-refractivity contribution in [2.45, 2.75) is 36.3 Å². The highest BCUT2D eigenvalue weighted by Crippen LogP contribution is 2.23. The quantitative estimate of drug-likeness (QED) is 0.616. The van der Waals surface area contributed by atoms with E-state index in [1.165, 1.54) is 17.8 Å². The van der Waals surface area contributed by atoms with Gasteiger partial charge in [-0.2, -0.15) is 0 Å². The van der Waals surface area contributed by atoms with Crippen LogP contribution in [-0.2, 0) is 20.7 Å². The minimum absolute atomic E-state index is 0.0104. The molecular weight excluding hydrogens is 286 g/mol. The second-order valence-corrected chi connectivity index (χ2v) is 6.39. The van der Waals surface area contributed by atoms with Gasteiger partial charge in [0.1, 0.15) is 4.34 Å². The van der Waals surface area contributed by atoms with Crippen molar-refractivity contribution in [2.24, 2.45) is 0 Å². The lowest BCUT2D eigenvalue weighted by Crippen LogP contribution is -2.23. The van der Waals surface area contributed by atoms with Gasteiger partial charge in [-0.3, -0.25) is 4.79 Å². The predicted molar refractivity (Wildman–Crippen MR) is 73.7 cm³/mol. The fourth-order valence-electron chi connectivity index (χ4n) is 1.74. The van der Waals surface area contributed by atoms with Crippen molar-refractivity contribution in [3.8, 4) is 0 Å². The number of thioether (sulfide) groups is 1. The van der Waals surface area contributed by atoms with Gasteiger partial charge in [-0.25, -0.2) is 4.98 Å². The summed E-state index contributed by atoms with van der Waals surface area (Å²) in [5.74, 6) is -0.0421. The Bertz CT molecular complexity index is 404. The highest BCUT2D eigenvalue weighted by atomic mass is 32.2. The van der Waals surface area contributed by atoms with E-state index in [0.717, 1.165) is 29.5 Å². The van der Waals surface area contributed by atoms with E-state index in [-0.39, 0.29) is 12.7 Å². The SMILES string of the molecule is O=C(O)Cc1csc(SCCOC2CCCCO2)n1. The van der Waals surface area contributed by atoms with Crippen LogP contribution in [0.4, 0.5) is 0 Å². The Morgan fingerprint density at radius 1 is 1.63 bits per heavy atom. The van der Waals surface area contributed by atoms with Crippen molar-refractivity contribution in [2.75, 3.05) is 19.0 Å². The van der Waals surface area contributed by atoms with Crippen molar-refractivity contribution in [3.05, 3.63) is 11.1 Å². The minimum atomic E-state index is -0.848. The largest absolute Gasteiger partial charge is 0.481 e. The van der Waals surface area contributed by atoms with Crippen molar-refractivity contribution in [3.63, 3.8) is 0 Å². The third-order valence-electron chi connectivity index (χ3n) is 2.61. The maximum absolute atomic E-state index is 10.5. The molecule has 1 aliphatic rings. The first kappa shape index (κ1) is 14.8. The highest BCUT2D eigenvalue weighted by Gasteiger charge is 2.13.